The van der Waals surface area contributed by atoms with E-state index in [1.165, 1.54) is 0 Å². The molecule has 0 aromatic heterocycles. The van der Waals surface area contributed by atoms with Gasteiger partial charge in [0.1, 0.15) is 6.04 Å². The number of carbonyl (C=O) groups excluding carboxylic acids is 3. The highest BCUT2D eigenvalue weighted by atomic mass is 16.2. The lowest BCUT2D eigenvalue weighted by atomic mass is 10.0. The second-order valence-electron chi connectivity index (χ2n) is 6.00. The summed E-state index contributed by atoms with van der Waals surface area (Å²) in [5.74, 6) is -0.857. The van der Waals surface area contributed by atoms with E-state index in [1.807, 2.05) is 36.6 Å². The van der Waals surface area contributed by atoms with Crippen molar-refractivity contribution in [3.05, 3.63) is 35.9 Å². The van der Waals surface area contributed by atoms with Crippen LogP contribution in [0.5, 0.6) is 0 Å². The van der Waals surface area contributed by atoms with Gasteiger partial charge < -0.3 is 22.1 Å². The molecule has 0 saturated heterocycles. The zero-order valence-electron chi connectivity index (χ0n) is 14.5. The van der Waals surface area contributed by atoms with E-state index in [9.17, 15) is 14.4 Å². The number of rotatable bonds is 11. The monoisotopic (exact) mass is 347 g/mol. The van der Waals surface area contributed by atoms with E-state index in [0.717, 1.165) is 12.0 Å². The zero-order chi connectivity index (χ0) is 18.7. The summed E-state index contributed by atoms with van der Waals surface area (Å²) in [6.45, 7) is 2.07. The Balaban J connectivity index is 2.76. The Morgan fingerprint density at radius 1 is 1.12 bits per heavy atom. The van der Waals surface area contributed by atoms with E-state index < -0.39 is 29.9 Å². The van der Waals surface area contributed by atoms with Crippen molar-refractivity contribution < 1.29 is 14.4 Å². The third kappa shape index (κ3) is 7.91. The summed E-state index contributed by atoms with van der Waals surface area (Å²) in [4.78, 5) is 35.5. The summed E-state index contributed by atoms with van der Waals surface area (Å²) in [7, 11) is 0. The smallest absolute Gasteiger partial charge is 0.243 e. The molecule has 2 amide bonds. The van der Waals surface area contributed by atoms with Crippen LogP contribution in [0.25, 0.3) is 0 Å². The average Bonchev–Trinajstić information content (AvgIpc) is 2.61. The fraction of sp³-hybridized carbons (Fsp3) is 0.500. The van der Waals surface area contributed by atoms with Crippen molar-refractivity contribution in [3.63, 3.8) is 0 Å². The molecule has 0 fully saturated rings. The van der Waals surface area contributed by atoms with Crippen molar-refractivity contribution in [2.45, 2.75) is 50.7 Å². The minimum absolute atomic E-state index is 0.305. The maximum absolute atomic E-state index is 12.5. The normalized spacial score (nSPS) is 14.2. The topological polar surface area (TPSA) is 127 Å². The number of nitrogens with two attached hydrogens (primary N) is 2. The summed E-state index contributed by atoms with van der Waals surface area (Å²) in [5.41, 5.74) is 11.9. The number of hydrogen-bond donors (Lipinski definition) is 4. The first-order chi connectivity index (χ1) is 12.0. The van der Waals surface area contributed by atoms with Gasteiger partial charge in [0.15, 0.2) is 0 Å². The third-order valence-electron chi connectivity index (χ3n) is 3.73. The van der Waals surface area contributed by atoms with Gasteiger partial charge in [0.2, 0.25) is 18.1 Å². The minimum atomic E-state index is -0.814. The van der Waals surface area contributed by atoms with E-state index >= 15 is 0 Å². The Morgan fingerprint density at radius 3 is 2.36 bits per heavy atom. The highest BCUT2D eigenvalue weighted by Crippen LogP contribution is 2.05. The molecule has 25 heavy (non-hydrogen) atoms. The Kier molecular flexibility index (Phi) is 9.42. The molecule has 0 aliphatic rings. The van der Waals surface area contributed by atoms with E-state index in [0.29, 0.717) is 25.8 Å². The van der Waals surface area contributed by atoms with Gasteiger partial charge in [0, 0.05) is 6.42 Å². The third-order valence-corrected chi connectivity index (χ3v) is 3.73. The van der Waals surface area contributed by atoms with Crippen molar-refractivity contribution in [3.8, 4) is 0 Å². The van der Waals surface area contributed by atoms with Crippen LogP contribution in [-0.4, -0.2) is 42.8 Å². The second-order valence-corrected chi connectivity index (χ2v) is 6.00. The van der Waals surface area contributed by atoms with Gasteiger partial charge in [-0.05, 0) is 38.3 Å². The summed E-state index contributed by atoms with van der Waals surface area (Å²) >= 11 is 0. The molecule has 0 unspecified atom stereocenters. The fourth-order valence-electron chi connectivity index (χ4n) is 2.29. The molecule has 0 spiro atoms. The molecular weight excluding hydrogens is 320 g/mol. The summed E-state index contributed by atoms with van der Waals surface area (Å²) in [6.07, 6.45) is 4.08. The Labute approximate surface area is 148 Å². The van der Waals surface area contributed by atoms with Crippen LogP contribution in [-0.2, 0) is 20.8 Å². The molecule has 1 aromatic carbocycles. The van der Waals surface area contributed by atoms with E-state index in [1.54, 1.807) is 6.92 Å². The summed E-state index contributed by atoms with van der Waals surface area (Å²) in [5, 5.41) is 5.27. The van der Waals surface area contributed by atoms with Crippen molar-refractivity contribution in [2.75, 3.05) is 6.54 Å². The summed E-state index contributed by atoms with van der Waals surface area (Å²) in [6, 6.07) is 7.04. The molecule has 1 aromatic rings. The van der Waals surface area contributed by atoms with E-state index in [2.05, 4.69) is 10.6 Å². The Bertz CT molecular complexity index is 549. The molecule has 1 radical (unpaired) electrons. The van der Waals surface area contributed by atoms with Crippen LogP contribution in [0, 0.1) is 0 Å². The largest absolute Gasteiger partial charge is 0.344 e. The summed E-state index contributed by atoms with van der Waals surface area (Å²) < 4.78 is 0. The van der Waals surface area contributed by atoms with Crippen LogP contribution in [0.1, 0.15) is 31.7 Å². The van der Waals surface area contributed by atoms with Gasteiger partial charge in [-0.2, -0.15) is 0 Å². The molecule has 0 bridgehead atoms. The lowest BCUT2D eigenvalue weighted by molar-refractivity contribution is -0.129. The predicted molar refractivity (Wildman–Crippen MR) is 96.3 cm³/mol. The van der Waals surface area contributed by atoms with Crippen molar-refractivity contribution in [1.29, 1.82) is 0 Å². The lowest BCUT2D eigenvalue weighted by Crippen LogP contribution is -2.53. The highest BCUT2D eigenvalue weighted by Gasteiger charge is 2.24. The molecule has 0 heterocycles. The Morgan fingerprint density at radius 2 is 1.80 bits per heavy atom. The van der Waals surface area contributed by atoms with Gasteiger partial charge in [-0.25, -0.2) is 0 Å². The maximum Gasteiger partial charge on any atom is 0.243 e. The first-order valence-corrected chi connectivity index (χ1v) is 8.46. The van der Waals surface area contributed by atoms with Crippen molar-refractivity contribution >= 4 is 18.1 Å². The number of carbonyl (C=O) groups is 2. The first kappa shape index (κ1) is 20.8. The molecule has 0 saturated carbocycles. The first-order valence-electron chi connectivity index (χ1n) is 8.46. The molecule has 7 nitrogen and oxygen atoms in total. The molecule has 3 atom stereocenters. The van der Waals surface area contributed by atoms with Crippen LogP contribution in [0.3, 0.4) is 0 Å². The molecule has 7 heteroatoms. The number of benzene rings is 1. The highest BCUT2D eigenvalue weighted by molar-refractivity contribution is 5.90. The van der Waals surface area contributed by atoms with Crippen LogP contribution in [0.4, 0.5) is 0 Å². The number of amides is 2. The number of hydrogen-bond acceptors (Lipinski definition) is 5. The maximum atomic E-state index is 12.5. The molecule has 1 rings (SSSR count). The standard InChI is InChI=1S/C18H27N4O3/c1-13(20)17(24)22-16(11-14-7-3-2-4-8-14)18(25)21-15(12-23)9-5-6-10-19/h2-4,7-8,13,15-16H,5-6,9-11,19-20H2,1H3,(H,21,25)(H,22,24)/t13-,15-,16-/m0/s1. The average molecular weight is 347 g/mol. The molecule has 6 N–H and O–H groups in total. The lowest BCUT2D eigenvalue weighted by Gasteiger charge is -2.21. The van der Waals surface area contributed by atoms with Gasteiger partial charge in [-0.1, -0.05) is 30.3 Å². The predicted octanol–water partition coefficient (Wildman–Crippen LogP) is -0.215. The molecule has 0 aliphatic heterocycles. The number of nitrogens with one attached hydrogen (secondary N) is 2. The molecule has 0 aliphatic carbocycles. The minimum Gasteiger partial charge on any atom is -0.344 e. The zero-order valence-corrected chi connectivity index (χ0v) is 14.5. The van der Waals surface area contributed by atoms with E-state index in [-0.39, 0.29) is 0 Å². The van der Waals surface area contributed by atoms with Crippen LogP contribution in [0.2, 0.25) is 0 Å². The SMILES string of the molecule is C[C@H](N)C(=O)N[C@@H](Cc1ccccc1)C(=O)N[C@H]([C]=O)CCCCN. The van der Waals surface area contributed by atoms with Gasteiger partial charge >= 0.3 is 0 Å². The Hall–Kier alpha value is -2.25. The van der Waals surface area contributed by atoms with E-state index in [4.69, 9.17) is 11.5 Å². The van der Waals surface area contributed by atoms with Gasteiger partial charge in [0.05, 0.1) is 12.1 Å². The van der Waals surface area contributed by atoms with Crippen molar-refractivity contribution in [1.82, 2.24) is 10.6 Å². The molecular formula is C18H27N4O3. The van der Waals surface area contributed by atoms with Gasteiger partial charge in [-0.3, -0.25) is 14.4 Å². The van der Waals surface area contributed by atoms with Crippen LogP contribution < -0.4 is 22.1 Å². The van der Waals surface area contributed by atoms with Gasteiger partial charge in [0.25, 0.3) is 0 Å². The quantitative estimate of drug-likeness (QED) is 0.412. The molecule has 137 valence electrons. The van der Waals surface area contributed by atoms with Crippen LogP contribution in [0.15, 0.2) is 30.3 Å². The fourth-order valence-corrected chi connectivity index (χ4v) is 2.29. The number of unbranched alkanes of at least 4 members (excludes halogenated alkanes) is 1. The van der Waals surface area contributed by atoms with Crippen LogP contribution >= 0.6 is 0 Å². The van der Waals surface area contributed by atoms with Crippen molar-refractivity contribution in [2.24, 2.45) is 11.5 Å². The second kappa shape index (κ2) is 11.3. The van der Waals surface area contributed by atoms with Gasteiger partial charge in [-0.15, -0.1) is 0 Å².